The van der Waals surface area contributed by atoms with E-state index in [-0.39, 0.29) is 30.4 Å². The molecule has 0 saturated carbocycles. The quantitative estimate of drug-likeness (QED) is 0.664. The van der Waals surface area contributed by atoms with E-state index in [9.17, 15) is 18.8 Å². The molecule has 11 nitrogen and oxygen atoms in total. The minimum Gasteiger partial charge on any atom is -0.476 e. The van der Waals surface area contributed by atoms with Crippen LogP contribution in [0.15, 0.2) is 28.7 Å². The summed E-state index contributed by atoms with van der Waals surface area (Å²) in [6.45, 7) is 2.53. The van der Waals surface area contributed by atoms with Gasteiger partial charge in [-0.05, 0) is 18.2 Å². The molecule has 1 aromatic heterocycles. The molecule has 0 spiro atoms. The molecule has 0 bridgehead atoms. The molecule has 2 aromatic rings. The number of amides is 2. The highest BCUT2D eigenvalue weighted by Crippen LogP contribution is 2.29. The molecule has 4 rings (SSSR count). The summed E-state index contributed by atoms with van der Waals surface area (Å²) < 4.78 is 20.1. The number of carboxylic acids is 1. The normalized spacial score (nSPS) is 18.1. The van der Waals surface area contributed by atoms with Crippen LogP contribution in [0.5, 0.6) is 0 Å². The summed E-state index contributed by atoms with van der Waals surface area (Å²) in [4.78, 5) is 41.1. The average Bonchev–Trinajstić information content (AvgIpc) is 3.39. The largest absolute Gasteiger partial charge is 0.476 e. The minimum atomic E-state index is -1.11. The maximum atomic E-state index is 14.9. The second kappa shape index (κ2) is 8.78. The zero-order valence-electron chi connectivity index (χ0n) is 16.9. The van der Waals surface area contributed by atoms with E-state index in [4.69, 9.17) is 9.84 Å². The van der Waals surface area contributed by atoms with Crippen LogP contribution >= 0.6 is 11.3 Å². The summed E-state index contributed by atoms with van der Waals surface area (Å²) >= 11 is 1.16. The number of aromatic nitrogens is 1. The fourth-order valence-electron chi connectivity index (χ4n) is 3.24. The Bertz CT molecular complexity index is 1090. The van der Waals surface area contributed by atoms with Gasteiger partial charge < -0.3 is 20.1 Å². The van der Waals surface area contributed by atoms with E-state index in [0.29, 0.717) is 23.9 Å². The van der Waals surface area contributed by atoms with E-state index < -0.39 is 24.0 Å². The number of hydrogen-bond acceptors (Lipinski definition) is 9. The molecule has 1 fully saturated rings. The number of thiazole rings is 1. The summed E-state index contributed by atoms with van der Waals surface area (Å²) in [7, 11) is 0. The maximum absolute atomic E-state index is 14.9. The van der Waals surface area contributed by atoms with E-state index in [0.717, 1.165) is 11.3 Å². The summed E-state index contributed by atoms with van der Waals surface area (Å²) in [6.07, 6.45) is 0.325. The first-order valence-electron chi connectivity index (χ1n) is 9.61. The van der Waals surface area contributed by atoms with Gasteiger partial charge in [-0.3, -0.25) is 9.69 Å². The van der Waals surface area contributed by atoms with Gasteiger partial charge in [-0.15, -0.1) is 11.3 Å². The highest BCUT2D eigenvalue weighted by atomic mass is 32.1. The van der Waals surface area contributed by atoms with Crippen molar-refractivity contribution in [3.8, 4) is 0 Å². The SMILES string of the molecule is CC(=O)NCC1CN(c2ccc(N3C=NN(c4nc(C(=O)O)cs4)CC3)c(F)c2)C(=O)O1. The summed E-state index contributed by atoms with van der Waals surface area (Å²) in [6, 6.07) is 4.41. The average molecular weight is 462 g/mol. The number of nitrogens with one attached hydrogen (secondary N) is 1. The summed E-state index contributed by atoms with van der Waals surface area (Å²) in [5.74, 6) is -1.88. The number of halogens is 1. The van der Waals surface area contributed by atoms with Gasteiger partial charge in [0.15, 0.2) is 5.69 Å². The Morgan fingerprint density at radius 3 is 2.81 bits per heavy atom. The van der Waals surface area contributed by atoms with Crippen molar-refractivity contribution in [2.45, 2.75) is 13.0 Å². The Morgan fingerprint density at radius 2 is 2.19 bits per heavy atom. The van der Waals surface area contributed by atoms with Crippen molar-refractivity contribution in [2.24, 2.45) is 5.10 Å². The zero-order chi connectivity index (χ0) is 22.8. The molecule has 1 atom stereocenters. The van der Waals surface area contributed by atoms with Gasteiger partial charge in [0.1, 0.15) is 18.3 Å². The summed E-state index contributed by atoms with van der Waals surface area (Å²) in [5, 5.41) is 19.2. The number of carbonyl (C=O) groups is 3. The molecule has 2 aliphatic rings. The van der Waals surface area contributed by atoms with E-state index in [1.54, 1.807) is 22.0 Å². The van der Waals surface area contributed by atoms with Crippen molar-refractivity contribution in [1.82, 2.24) is 10.3 Å². The Labute approximate surface area is 185 Å². The van der Waals surface area contributed by atoms with Crippen molar-refractivity contribution in [1.29, 1.82) is 0 Å². The molecule has 168 valence electrons. The first kappa shape index (κ1) is 21.5. The molecule has 2 N–H and O–H groups in total. The van der Waals surface area contributed by atoms with Crippen LogP contribution in [-0.4, -0.2) is 66.7 Å². The number of carboxylic acid groups (broad SMARTS) is 1. The lowest BCUT2D eigenvalue weighted by atomic mass is 10.2. The van der Waals surface area contributed by atoms with Gasteiger partial charge >= 0.3 is 12.1 Å². The van der Waals surface area contributed by atoms with Gasteiger partial charge in [0.25, 0.3) is 0 Å². The van der Waals surface area contributed by atoms with Crippen molar-refractivity contribution < 1.29 is 28.6 Å². The van der Waals surface area contributed by atoms with Crippen LogP contribution in [0.4, 0.5) is 25.7 Å². The van der Waals surface area contributed by atoms with Crippen LogP contribution in [0.3, 0.4) is 0 Å². The van der Waals surface area contributed by atoms with E-state index in [2.05, 4.69) is 15.4 Å². The molecule has 32 heavy (non-hydrogen) atoms. The van der Waals surface area contributed by atoms with Crippen LogP contribution in [0.1, 0.15) is 17.4 Å². The number of aromatic carboxylic acids is 1. The van der Waals surface area contributed by atoms with Crippen LogP contribution in [-0.2, 0) is 9.53 Å². The molecule has 0 aliphatic carbocycles. The highest BCUT2D eigenvalue weighted by Gasteiger charge is 2.33. The number of carbonyl (C=O) groups excluding carboxylic acids is 2. The van der Waals surface area contributed by atoms with Crippen molar-refractivity contribution in [2.75, 3.05) is 41.0 Å². The molecule has 2 amide bonds. The van der Waals surface area contributed by atoms with E-state index >= 15 is 0 Å². The van der Waals surface area contributed by atoms with E-state index in [1.165, 1.54) is 29.6 Å². The van der Waals surface area contributed by atoms with Crippen molar-refractivity contribution in [3.05, 3.63) is 35.1 Å². The highest BCUT2D eigenvalue weighted by molar-refractivity contribution is 7.13. The van der Waals surface area contributed by atoms with Gasteiger partial charge in [-0.2, -0.15) is 5.10 Å². The molecule has 1 saturated heterocycles. The van der Waals surface area contributed by atoms with Crippen molar-refractivity contribution >= 4 is 52.2 Å². The third kappa shape index (κ3) is 4.46. The number of ether oxygens (including phenoxy) is 1. The van der Waals surface area contributed by atoms with Gasteiger partial charge in [-0.25, -0.2) is 24.0 Å². The molecule has 1 unspecified atom stereocenters. The monoisotopic (exact) mass is 462 g/mol. The number of rotatable bonds is 6. The first-order valence-corrected chi connectivity index (χ1v) is 10.5. The van der Waals surface area contributed by atoms with Crippen LogP contribution in [0.25, 0.3) is 0 Å². The Hall–Kier alpha value is -3.74. The molecule has 1 aromatic carbocycles. The fraction of sp³-hybridized carbons (Fsp3) is 0.316. The maximum Gasteiger partial charge on any atom is 0.414 e. The van der Waals surface area contributed by atoms with Crippen LogP contribution in [0, 0.1) is 5.82 Å². The molecule has 3 heterocycles. The lowest BCUT2D eigenvalue weighted by Gasteiger charge is -2.29. The van der Waals surface area contributed by atoms with Gasteiger partial charge in [0.05, 0.1) is 31.0 Å². The minimum absolute atomic E-state index is 0.0518. The second-order valence-electron chi connectivity index (χ2n) is 7.06. The lowest BCUT2D eigenvalue weighted by Crippen LogP contribution is -2.38. The smallest absolute Gasteiger partial charge is 0.414 e. The molecular formula is C19H19FN6O5S. The first-order chi connectivity index (χ1) is 15.3. The third-order valence-electron chi connectivity index (χ3n) is 4.82. The van der Waals surface area contributed by atoms with E-state index in [1.807, 2.05) is 0 Å². The Balaban J connectivity index is 1.43. The Kier molecular flexibility index (Phi) is 5.90. The summed E-state index contributed by atoms with van der Waals surface area (Å²) in [5.41, 5.74) is 0.579. The number of hydrazone groups is 1. The third-order valence-corrected chi connectivity index (χ3v) is 5.67. The zero-order valence-corrected chi connectivity index (χ0v) is 17.7. The number of nitrogens with zero attached hydrogens (tertiary/aromatic N) is 5. The number of anilines is 3. The number of benzene rings is 1. The topological polar surface area (TPSA) is 128 Å². The van der Waals surface area contributed by atoms with Crippen molar-refractivity contribution in [3.63, 3.8) is 0 Å². The Morgan fingerprint density at radius 1 is 1.38 bits per heavy atom. The van der Waals surface area contributed by atoms with Gasteiger partial charge in [0.2, 0.25) is 11.0 Å². The molecule has 2 aliphatic heterocycles. The molecular weight excluding hydrogens is 443 g/mol. The number of cyclic esters (lactones) is 1. The molecule has 0 radical (unpaired) electrons. The number of hydrogen-bond donors (Lipinski definition) is 2. The molecule has 13 heteroatoms. The second-order valence-corrected chi connectivity index (χ2v) is 7.89. The van der Waals surface area contributed by atoms with Gasteiger partial charge in [0, 0.05) is 18.8 Å². The standard InChI is InChI=1S/C19H19FN6O5S/c1-11(27)21-7-13-8-25(19(30)31-13)12-2-3-16(14(20)6-12)24-4-5-26(22-10-24)18-23-15(9-32-18)17(28)29/h2-3,6,9-10,13H,4-5,7-8H2,1H3,(H,21,27)(H,28,29). The lowest BCUT2D eigenvalue weighted by molar-refractivity contribution is -0.119. The van der Waals surface area contributed by atoms with Crippen LogP contribution < -0.4 is 20.1 Å². The predicted molar refractivity (Wildman–Crippen MR) is 115 cm³/mol. The van der Waals surface area contributed by atoms with Crippen LogP contribution in [0.2, 0.25) is 0 Å². The predicted octanol–water partition coefficient (Wildman–Crippen LogP) is 1.71. The fourth-order valence-corrected chi connectivity index (χ4v) is 4.03. The van der Waals surface area contributed by atoms with Gasteiger partial charge in [-0.1, -0.05) is 0 Å².